The zero-order valence-electron chi connectivity index (χ0n) is 18.7. The molecule has 2 aliphatic rings. The van der Waals surface area contributed by atoms with E-state index in [1.807, 2.05) is 70.6 Å². The zero-order chi connectivity index (χ0) is 22.1. The summed E-state index contributed by atoms with van der Waals surface area (Å²) >= 11 is 7.86. The number of hydrogen-bond acceptors (Lipinski definition) is 3. The molecule has 0 saturated heterocycles. The van der Waals surface area contributed by atoms with E-state index < -0.39 is 0 Å². The highest BCUT2D eigenvalue weighted by atomic mass is 35.5. The minimum absolute atomic E-state index is 0.0644. The fraction of sp³-hybridized carbons (Fsp3) is 0.269. The quantitative estimate of drug-likeness (QED) is 0.489. The maximum Gasteiger partial charge on any atom is 0.134 e. The Balaban J connectivity index is 0.000000757. The van der Waals surface area contributed by atoms with Crippen molar-refractivity contribution in [1.82, 2.24) is 5.32 Å². The molecule has 158 valence electrons. The third kappa shape index (κ3) is 5.08. The molecule has 0 aliphatic carbocycles. The lowest BCUT2D eigenvalue weighted by molar-refractivity contribution is 1.02. The van der Waals surface area contributed by atoms with Gasteiger partial charge in [0.05, 0.1) is 5.70 Å². The van der Waals surface area contributed by atoms with Crippen molar-refractivity contribution < 1.29 is 0 Å². The van der Waals surface area contributed by atoms with Gasteiger partial charge in [-0.15, -0.1) is 0 Å². The van der Waals surface area contributed by atoms with Crippen LogP contribution in [0.15, 0.2) is 87.9 Å². The molecule has 1 N–H and O–H groups in total. The molecule has 0 spiro atoms. The van der Waals surface area contributed by atoms with Crippen molar-refractivity contribution in [3.8, 4) is 0 Å². The number of rotatable bonds is 3. The van der Waals surface area contributed by atoms with E-state index in [0.717, 1.165) is 22.1 Å². The molecule has 1 unspecified atom stereocenters. The summed E-state index contributed by atoms with van der Waals surface area (Å²) in [7, 11) is 0. The summed E-state index contributed by atoms with van der Waals surface area (Å²) in [6, 6.07) is 16.4. The van der Waals surface area contributed by atoms with E-state index >= 15 is 0 Å². The van der Waals surface area contributed by atoms with E-state index in [2.05, 4.69) is 54.7 Å². The van der Waals surface area contributed by atoms with Gasteiger partial charge in [0.2, 0.25) is 0 Å². The maximum absolute atomic E-state index is 6.05. The standard InChI is InChI=1S/C22H19ClN2S.2C2H6/c1-3-7-14(4-2)20-19-17-8-5-6-9-18(17)26-22(19)25-21(24-20)15-10-12-16(23)13-11-15;2*1-2/h3-13,22H,1-2H3,(H,24,25);2*1-2H3/b7-3-,14-4+;;. The first-order valence-electron chi connectivity index (χ1n) is 10.6. The second-order valence-electron chi connectivity index (χ2n) is 6.11. The summed E-state index contributed by atoms with van der Waals surface area (Å²) in [5.41, 5.74) is 5.87. The Bertz CT molecular complexity index is 969. The number of thioether (sulfide) groups is 1. The summed E-state index contributed by atoms with van der Waals surface area (Å²) in [6.45, 7) is 12.1. The first-order valence-corrected chi connectivity index (χ1v) is 11.9. The molecular formula is C26H31ClN2S. The Morgan fingerprint density at radius 1 is 1.00 bits per heavy atom. The lowest BCUT2D eigenvalue weighted by Gasteiger charge is -2.25. The van der Waals surface area contributed by atoms with Gasteiger partial charge in [0.15, 0.2) is 0 Å². The second-order valence-corrected chi connectivity index (χ2v) is 7.67. The van der Waals surface area contributed by atoms with Gasteiger partial charge < -0.3 is 5.32 Å². The predicted molar refractivity (Wildman–Crippen MR) is 135 cm³/mol. The van der Waals surface area contributed by atoms with Gasteiger partial charge in [0.25, 0.3) is 0 Å². The van der Waals surface area contributed by atoms with Gasteiger partial charge in [0, 0.05) is 21.1 Å². The van der Waals surface area contributed by atoms with E-state index in [-0.39, 0.29) is 5.37 Å². The molecule has 0 saturated carbocycles. The van der Waals surface area contributed by atoms with Gasteiger partial charge in [-0.25, -0.2) is 4.99 Å². The molecular weight excluding hydrogens is 408 g/mol. The number of aliphatic imine (C=N–C) groups is 1. The minimum atomic E-state index is 0.0644. The normalized spacial score (nSPS) is 17.1. The molecule has 0 radical (unpaired) electrons. The zero-order valence-corrected chi connectivity index (χ0v) is 20.2. The molecule has 1 atom stereocenters. The van der Waals surface area contributed by atoms with Gasteiger partial charge in [0.1, 0.15) is 11.2 Å². The molecule has 2 aromatic carbocycles. The van der Waals surface area contributed by atoms with Crippen LogP contribution in [0.25, 0.3) is 5.57 Å². The highest BCUT2D eigenvalue weighted by molar-refractivity contribution is 8.00. The second kappa shape index (κ2) is 11.8. The molecule has 2 aliphatic heterocycles. The van der Waals surface area contributed by atoms with Crippen LogP contribution in [0.1, 0.15) is 52.7 Å². The number of halogens is 1. The summed E-state index contributed by atoms with van der Waals surface area (Å²) < 4.78 is 0. The summed E-state index contributed by atoms with van der Waals surface area (Å²) in [5, 5.41) is 4.38. The van der Waals surface area contributed by atoms with Crippen molar-refractivity contribution >= 4 is 34.8 Å². The Labute approximate surface area is 190 Å². The monoisotopic (exact) mass is 438 g/mol. The lowest BCUT2D eigenvalue weighted by atomic mass is 9.97. The number of benzene rings is 2. The van der Waals surface area contributed by atoms with Crippen LogP contribution in [0.3, 0.4) is 0 Å². The molecule has 4 rings (SSSR count). The fourth-order valence-electron chi connectivity index (χ4n) is 3.27. The number of hydrogen-bond donors (Lipinski definition) is 1. The third-order valence-corrected chi connectivity index (χ3v) is 5.91. The molecule has 4 heteroatoms. The Morgan fingerprint density at radius 3 is 2.30 bits per heavy atom. The van der Waals surface area contributed by atoms with Crippen molar-refractivity contribution in [3.63, 3.8) is 0 Å². The van der Waals surface area contributed by atoms with Gasteiger partial charge in [-0.2, -0.15) is 0 Å². The molecule has 0 fully saturated rings. The Hall–Kier alpha value is -2.23. The lowest BCUT2D eigenvalue weighted by Crippen LogP contribution is -2.31. The first-order chi connectivity index (χ1) is 14.7. The van der Waals surface area contributed by atoms with E-state index in [1.165, 1.54) is 21.6 Å². The maximum atomic E-state index is 6.05. The SMILES string of the molecule is C/C=C\C(=C/C)C1=C2c3ccccc3SC2N=C(c2ccc(Cl)cc2)N1.CC.CC. The van der Waals surface area contributed by atoms with Crippen LogP contribution in [0.5, 0.6) is 0 Å². The van der Waals surface area contributed by atoms with Crippen molar-refractivity contribution in [2.75, 3.05) is 0 Å². The number of nitrogens with one attached hydrogen (secondary N) is 1. The summed E-state index contributed by atoms with van der Waals surface area (Å²) in [6.07, 6.45) is 6.35. The molecule has 0 aromatic heterocycles. The van der Waals surface area contributed by atoms with E-state index in [9.17, 15) is 0 Å². The van der Waals surface area contributed by atoms with Crippen molar-refractivity contribution in [1.29, 1.82) is 0 Å². The smallest absolute Gasteiger partial charge is 0.134 e. The van der Waals surface area contributed by atoms with Gasteiger partial charge in [-0.05, 0) is 55.3 Å². The van der Waals surface area contributed by atoms with Gasteiger partial charge in [-0.3, -0.25) is 0 Å². The molecule has 2 heterocycles. The fourth-order valence-corrected chi connectivity index (χ4v) is 4.62. The highest BCUT2D eigenvalue weighted by Gasteiger charge is 2.34. The topological polar surface area (TPSA) is 24.4 Å². The van der Waals surface area contributed by atoms with Crippen molar-refractivity contribution in [2.45, 2.75) is 51.8 Å². The average Bonchev–Trinajstić information content (AvgIpc) is 3.18. The average molecular weight is 439 g/mol. The van der Waals surface area contributed by atoms with Crippen LogP contribution < -0.4 is 5.32 Å². The van der Waals surface area contributed by atoms with Crippen LogP contribution in [0, 0.1) is 0 Å². The van der Waals surface area contributed by atoms with Crippen LogP contribution >= 0.6 is 23.4 Å². The van der Waals surface area contributed by atoms with Crippen LogP contribution in [-0.4, -0.2) is 11.2 Å². The largest absolute Gasteiger partial charge is 0.339 e. The molecule has 2 aromatic rings. The molecule has 0 amide bonds. The number of allylic oxidation sites excluding steroid dienone is 3. The Kier molecular flexibility index (Phi) is 9.48. The molecule has 0 bridgehead atoms. The summed E-state index contributed by atoms with van der Waals surface area (Å²) in [4.78, 5) is 6.28. The van der Waals surface area contributed by atoms with E-state index in [0.29, 0.717) is 0 Å². The molecule has 30 heavy (non-hydrogen) atoms. The van der Waals surface area contributed by atoms with Gasteiger partial charge in [-0.1, -0.05) is 87.5 Å². The number of fused-ring (bicyclic) bond motifs is 3. The number of amidine groups is 1. The molecule has 2 nitrogen and oxygen atoms in total. The van der Waals surface area contributed by atoms with E-state index in [4.69, 9.17) is 16.6 Å². The van der Waals surface area contributed by atoms with Gasteiger partial charge >= 0.3 is 0 Å². The van der Waals surface area contributed by atoms with Crippen LogP contribution in [0.4, 0.5) is 0 Å². The minimum Gasteiger partial charge on any atom is -0.339 e. The third-order valence-electron chi connectivity index (χ3n) is 4.49. The van der Waals surface area contributed by atoms with E-state index in [1.54, 1.807) is 0 Å². The first kappa shape index (κ1) is 24.0. The van der Waals surface area contributed by atoms with Crippen LogP contribution in [-0.2, 0) is 0 Å². The number of nitrogens with zero attached hydrogens (tertiary/aromatic N) is 1. The van der Waals surface area contributed by atoms with Crippen molar-refractivity contribution in [2.24, 2.45) is 4.99 Å². The van der Waals surface area contributed by atoms with Crippen molar-refractivity contribution in [3.05, 3.63) is 94.2 Å². The summed E-state index contributed by atoms with van der Waals surface area (Å²) in [5.74, 6) is 0.884. The predicted octanol–water partition coefficient (Wildman–Crippen LogP) is 8.11. The Morgan fingerprint density at radius 2 is 1.67 bits per heavy atom. The van der Waals surface area contributed by atoms with Crippen LogP contribution in [0.2, 0.25) is 5.02 Å². The highest BCUT2D eigenvalue weighted by Crippen LogP contribution is 2.48.